The minimum Gasteiger partial charge on any atom is -0.384 e. The Morgan fingerprint density at radius 2 is 1.80 bits per heavy atom. The Kier molecular flexibility index (Phi) is 5.29. The van der Waals surface area contributed by atoms with Gasteiger partial charge in [-0.15, -0.1) is 0 Å². The lowest BCUT2D eigenvalue weighted by Gasteiger charge is -2.13. The normalized spacial score (nSPS) is 12.4. The maximum Gasteiger partial charge on any atom is 0.137 e. The molecular weight excluding hydrogens is 323 g/mol. The van der Waals surface area contributed by atoms with Crippen LogP contribution in [-0.4, -0.2) is 18.8 Å². The zero-order valence-corrected chi connectivity index (χ0v) is 12.7. The Labute approximate surface area is 126 Å². The van der Waals surface area contributed by atoms with Gasteiger partial charge in [-0.1, -0.05) is 30.3 Å². The largest absolute Gasteiger partial charge is 0.384 e. The highest BCUT2D eigenvalue weighted by Gasteiger charge is 2.12. The van der Waals surface area contributed by atoms with E-state index in [1.54, 1.807) is 19.2 Å². The number of halogens is 2. The fourth-order valence-corrected chi connectivity index (χ4v) is 2.36. The molecule has 0 bridgehead atoms. The maximum atomic E-state index is 13.2. The van der Waals surface area contributed by atoms with E-state index in [1.165, 1.54) is 6.07 Å². The van der Waals surface area contributed by atoms with E-state index in [2.05, 4.69) is 15.9 Å². The first kappa shape index (κ1) is 15.2. The second-order valence-electron chi connectivity index (χ2n) is 4.56. The van der Waals surface area contributed by atoms with Crippen LogP contribution < -0.4 is 0 Å². The van der Waals surface area contributed by atoms with E-state index < -0.39 is 6.10 Å². The van der Waals surface area contributed by atoms with Crippen LogP contribution in [0.5, 0.6) is 0 Å². The second kappa shape index (κ2) is 6.97. The van der Waals surface area contributed by atoms with E-state index in [-0.39, 0.29) is 5.82 Å². The Balaban J connectivity index is 2.15. The average molecular weight is 339 g/mol. The highest BCUT2D eigenvalue weighted by molar-refractivity contribution is 9.10. The zero-order chi connectivity index (χ0) is 14.5. The molecule has 0 aliphatic carbocycles. The molecule has 0 amide bonds. The van der Waals surface area contributed by atoms with Crippen molar-refractivity contribution in [1.82, 2.24) is 0 Å². The van der Waals surface area contributed by atoms with Crippen LogP contribution in [0.25, 0.3) is 0 Å². The number of methoxy groups -OCH3 is 1. The molecule has 2 nitrogen and oxygen atoms in total. The van der Waals surface area contributed by atoms with Gasteiger partial charge in [-0.25, -0.2) is 4.39 Å². The SMILES string of the molecule is COCCc1ccc(C(O)c2ccc(F)c(Br)c2)cc1. The summed E-state index contributed by atoms with van der Waals surface area (Å²) < 4.78 is 18.6. The van der Waals surface area contributed by atoms with Gasteiger partial charge in [0.05, 0.1) is 11.1 Å². The van der Waals surface area contributed by atoms with Crippen LogP contribution in [0.1, 0.15) is 22.8 Å². The van der Waals surface area contributed by atoms with E-state index in [0.29, 0.717) is 16.6 Å². The summed E-state index contributed by atoms with van der Waals surface area (Å²) in [6.45, 7) is 0.673. The smallest absolute Gasteiger partial charge is 0.137 e. The number of hydrogen-bond donors (Lipinski definition) is 1. The van der Waals surface area contributed by atoms with Gasteiger partial charge in [0.1, 0.15) is 11.9 Å². The van der Waals surface area contributed by atoms with E-state index in [9.17, 15) is 9.50 Å². The van der Waals surface area contributed by atoms with Gasteiger partial charge in [-0.2, -0.15) is 0 Å². The van der Waals surface area contributed by atoms with Crippen molar-refractivity contribution in [2.24, 2.45) is 0 Å². The summed E-state index contributed by atoms with van der Waals surface area (Å²) in [5, 5.41) is 10.3. The van der Waals surface area contributed by atoms with Gasteiger partial charge in [0, 0.05) is 7.11 Å². The molecule has 0 saturated carbocycles. The standard InChI is InChI=1S/C16H16BrFO2/c1-20-9-8-11-2-4-12(5-3-11)16(19)13-6-7-15(18)14(17)10-13/h2-7,10,16,19H,8-9H2,1H3. The Morgan fingerprint density at radius 1 is 1.15 bits per heavy atom. The number of aliphatic hydroxyl groups is 1. The van der Waals surface area contributed by atoms with Crippen molar-refractivity contribution in [2.45, 2.75) is 12.5 Å². The van der Waals surface area contributed by atoms with Gasteiger partial charge in [0.25, 0.3) is 0 Å². The van der Waals surface area contributed by atoms with Crippen LogP contribution in [0.4, 0.5) is 4.39 Å². The van der Waals surface area contributed by atoms with Crippen molar-refractivity contribution in [3.05, 3.63) is 69.4 Å². The third-order valence-electron chi connectivity index (χ3n) is 3.15. The molecule has 0 spiro atoms. The summed E-state index contributed by atoms with van der Waals surface area (Å²) in [5.41, 5.74) is 2.59. The number of hydrogen-bond acceptors (Lipinski definition) is 2. The summed E-state index contributed by atoms with van der Waals surface area (Å²) in [5.74, 6) is -0.337. The molecule has 2 aromatic carbocycles. The van der Waals surface area contributed by atoms with Crippen LogP contribution in [-0.2, 0) is 11.2 Å². The molecule has 0 aliphatic heterocycles. The van der Waals surface area contributed by atoms with E-state index in [4.69, 9.17) is 4.74 Å². The first-order chi connectivity index (χ1) is 9.61. The molecule has 20 heavy (non-hydrogen) atoms. The van der Waals surface area contributed by atoms with Crippen LogP contribution >= 0.6 is 15.9 Å². The lowest BCUT2D eigenvalue weighted by molar-refractivity contribution is 0.202. The summed E-state index contributed by atoms with van der Waals surface area (Å²) in [6, 6.07) is 12.2. The summed E-state index contributed by atoms with van der Waals surface area (Å²) in [7, 11) is 1.67. The van der Waals surface area contributed by atoms with Crippen LogP contribution in [0, 0.1) is 5.82 Å². The molecule has 0 saturated heterocycles. The van der Waals surface area contributed by atoms with Crippen LogP contribution in [0.2, 0.25) is 0 Å². The van der Waals surface area contributed by atoms with Crippen LogP contribution in [0.15, 0.2) is 46.9 Å². The van der Waals surface area contributed by atoms with Gasteiger partial charge in [-0.05, 0) is 51.2 Å². The van der Waals surface area contributed by atoms with E-state index in [0.717, 1.165) is 17.5 Å². The lowest BCUT2D eigenvalue weighted by atomic mass is 10.00. The molecule has 0 aliphatic rings. The van der Waals surface area contributed by atoms with Gasteiger partial charge in [-0.3, -0.25) is 0 Å². The Bertz CT molecular complexity index is 569. The minimum atomic E-state index is -0.761. The lowest BCUT2D eigenvalue weighted by Crippen LogP contribution is -2.01. The molecule has 1 N–H and O–H groups in total. The molecule has 106 valence electrons. The second-order valence-corrected chi connectivity index (χ2v) is 5.41. The topological polar surface area (TPSA) is 29.5 Å². The number of rotatable bonds is 5. The molecule has 2 aromatic rings. The summed E-state index contributed by atoms with van der Waals surface area (Å²) >= 11 is 3.13. The van der Waals surface area contributed by atoms with Gasteiger partial charge < -0.3 is 9.84 Å². The summed E-state index contributed by atoms with van der Waals surface area (Å²) in [6.07, 6.45) is 0.0815. The highest BCUT2D eigenvalue weighted by atomic mass is 79.9. The zero-order valence-electron chi connectivity index (χ0n) is 11.1. The van der Waals surface area contributed by atoms with Crippen molar-refractivity contribution in [3.63, 3.8) is 0 Å². The number of aliphatic hydroxyl groups excluding tert-OH is 1. The fourth-order valence-electron chi connectivity index (χ4n) is 1.96. The van der Waals surface area contributed by atoms with Crippen molar-refractivity contribution >= 4 is 15.9 Å². The third-order valence-corrected chi connectivity index (χ3v) is 3.76. The minimum absolute atomic E-state index is 0.337. The predicted octanol–water partition coefficient (Wildman–Crippen LogP) is 3.86. The molecule has 1 unspecified atom stereocenters. The first-order valence-corrected chi connectivity index (χ1v) is 7.12. The Hall–Kier alpha value is -1.23. The van der Waals surface area contributed by atoms with E-state index >= 15 is 0 Å². The van der Waals surface area contributed by atoms with Gasteiger partial charge in [0.15, 0.2) is 0 Å². The van der Waals surface area contributed by atoms with Gasteiger partial charge >= 0.3 is 0 Å². The molecule has 0 aromatic heterocycles. The van der Waals surface area contributed by atoms with E-state index in [1.807, 2.05) is 24.3 Å². The van der Waals surface area contributed by atoms with Crippen molar-refractivity contribution in [1.29, 1.82) is 0 Å². The van der Waals surface area contributed by atoms with Crippen molar-refractivity contribution < 1.29 is 14.2 Å². The Morgan fingerprint density at radius 3 is 2.40 bits per heavy atom. The fraction of sp³-hybridized carbons (Fsp3) is 0.250. The van der Waals surface area contributed by atoms with Crippen molar-refractivity contribution in [3.8, 4) is 0 Å². The molecule has 0 radical (unpaired) electrons. The molecule has 0 heterocycles. The third kappa shape index (κ3) is 3.66. The molecule has 0 fully saturated rings. The quantitative estimate of drug-likeness (QED) is 0.896. The maximum absolute atomic E-state index is 13.2. The predicted molar refractivity (Wildman–Crippen MR) is 80.2 cm³/mol. The monoisotopic (exact) mass is 338 g/mol. The van der Waals surface area contributed by atoms with Crippen molar-refractivity contribution in [2.75, 3.05) is 13.7 Å². The summed E-state index contributed by atoms with van der Waals surface area (Å²) in [4.78, 5) is 0. The van der Waals surface area contributed by atoms with Gasteiger partial charge in [0.2, 0.25) is 0 Å². The van der Waals surface area contributed by atoms with Crippen LogP contribution in [0.3, 0.4) is 0 Å². The number of benzene rings is 2. The molecule has 1 atom stereocenters. The average Bonchev–Trinajstić information content (AvgIpc) is 2.48. The highest BCUT2D eigenvalue weighted by Crippen LogP contribution is 2.26. The first-order valence-electron chi connectivity index (χ1n) is 6.32. The molecular formula is C16H16BrFO2. The molecule has 2 rings (SSSR count). The molecule has 4 heteroatoms. The number of ether oxygens (including phenoxy) is 1.